The van der Waals surface area contributed by atoms with Gasteiger partial charge in [0.15, 0.2) is 0 Å². The molecular weight excluding hydrogens is 192 g/mol. The number of nitrogen functional groups attached to an aromatic ring is 1. The molecule has 0 amide bonds. The van der Waals surface area contributed by atoms with Crippen molar-refractivity contribution in [2.75, 3.05) is 5.43 Å². The smallest absolute Gasteiger partial charge is 0.240 e. The quantitative estimate of drug-likeness (QED) is 0.583. The molecule has 1 aromatic carbocycles. The molecule has 0 spiro atoms. The zero-order chi connectivity index (χ0) is 10.5. The van der Waals surface area contributed by atoms with E-state index in [2.05, 4.69) is 15.4 Å². The van der Waals surface area contributed by atoms with Crippen LogP contribution in [-0.2, 0) is 0 Å². The summed E-state index contributed by atoms with van der Waals surface area (Å²) in [6.07, 6.45) is 1.57. The van der Waals surface area contributed by atoms with Gasteiger partial charge in [-0.15, -0.1) is 0 Å². The average Bonchev–Trinajstić information content (AvgIpc) is 2.31. The predicted octanol–water partition coefficient (Wildman–Crippen LogP) is 1.55. The Morgan fingerprint density at radius 3 is 2.67 bits per heavy atom. The molecule has 76 valence electrons. The zero-order valence-corrected chi connectivity index (χ0v) is 7.92. The molecule has 2 aromatic rings. The third kappa shape index (κ3) is 2.41. The number of anilines is 1. The maximum atomic E-state index is 5.47. The highest BCUT2D eigenvalue weighted by atomic mass is 16.5. The molecule has 0 radical (unpaired) electrons. The maximum absolute atomic E-state index is 5.47. The van der Waals surface area contributed by atoms with E-state index in [4.69, 9.17) is 10.6 Å². The van der Waals surface area contributed by atoms with E-state index in [1.54, 1.807) is 12.3 Å². The van der Waals surface area contributed by atoms with Gasteiger partial charge in [0.25, 0.3) is 0 Å². The summed E-state index contributed by atoms with van der Waals surface area (Å²) in [7, 11) is 0. The molecule has 0 saturated heterocycles. The molecule has 0 unspecified atom stereocenters. The summed E-state index contributed by atoms with van der Waals surface area (Å²) in [5.41, 5.74) is 2.35. The van der Waals surface area contributed by atoms with E-state index in [1.165, 1.54) is 0 Å². The van der Waals surface area contributed by atoms with E-state index in [0.717, 1.165) is 5.75 Å². The van der Waals surface area contributed by atoms with Crippen LogP contribution in [0, 0.1) is 0 Å². The summed E-state index contributed by atoms with van der Waals surface area (Å²) in [4.78, 5) is 7.89. The first-order valence-corrected chi connectivity index (χ1v) is 4.41. The number of benzene rings is 1. The lowest BCUT2D eigenvalue weighted by Crippen LogP contribution is -2.10. The van der Waals surface area contributed by atoms with Gasteiger partial charge in [-0.25, -0.2) is 10.8 Å². The lowest BCUT2D eigenvalue weighted by Gasteiger charge is -2.04. The summed E-state index contributed by atoms with van der Waals surface area (Å²) < 4.78 is 5.47. The van der Waals surface area contributed by atoms with Crippen LogP contribution in [0.1, 0.15) is 0 Å². The van der Waals surface area contributed by atoms with Gasteiger partial charge in [-0.3, -0.25) is 5.43 Å². The summed E-state index contributed by atoms with van der Waals surface area (Å²) in [5, 5.41) is 0. The first-order valence-electron chi connectivity index (χ1n) is 4.41. The minimum absolute atomic E-state index is 0.323. The van der Waals surface area contributed by atoms with Gasteiger partial charge in [-0.05, 0) is 12.1 Å². The van der Waals surface area contributed by atoms with E-state index in [1.807, 2.05) is 30.3 Å². The molecular formula is C10H10N4O. The Kier molecular flexibility index (Phi) is 2.75. The molecule has 0 saturated carbocycles. The van der Waals surface area contributed by atoms with Crippen LogP contribution in [0.3, 0.4) is 0 Å². The summed E-state index contributed by atoms with van der Waals surface area (Å²) in [6.45, 7) is 0. The SMILES string of the molecule is NNc1nccc(Oc2ccccc2)n1. The third-order valence-electron chi connectivity index (χ3n) is 1.72. The zero-order valence-electron chi connectivity index (χ0n) is 7.92. The topological polar surface area (TPSA) is 73.1 Å². The van der Waals surface area contributed by atoms with Crippen LogP contribution in [0.15, 0.2) is 42.6 Å². The number of hydrazine groups is 1. The van der Waals surface area contributed by atoms with E-state index < -0.39 is 0 Å². The number of nitrogens with one attached hydrogen (secondary N) is 1. The van der Waals surface area contributed by atoms with Crippen molar-refractivity contribution in [2.24, 2.45) is 5.84 Å². The van der Waals surface area contributed by atoms with Crippen molar-refractivity contribution in [3.05, 3.63) is 42.6 Å². The average molecular weight is 202 g/mol. The Hall–Kier alpha value is -2.14. The molecule has 1 aromatic heterocycles. The highest BCUT2D eigenvalue weighted by Gasteiger charge is 1.99. The van der Waals surface area contributed by atoms with Crippen LogP contribution >= 0.6 is 0 Å². The first-order chi connectivity index (χ1) is 7.38. The first kappa shape index (κ1) is 9.42. The second kappa shape index (κ2) is 4.39. The third-order valence-corrected chi connectivity index (χ3v) is 1.72. The van der Waals surface area contributed by atoms with Crippen LogP contribution in [0.2, 0.25) is 0 Å². The van der Waals surface area contributed by atoms with Crippen LogP contribution < -0.4 is 16.0 Å². The number of para-hydroxylation sites is 1. The van der Waals surface area contributed by atoms with Gasteiger partial charge < -0.3 is 4.74 Å². The molecule has 1 heterocycles. The Labute approximate surface area is 86.9 Å². The number of rotatable bonds is 3. The number of ether oxygens (including phenoxy) is 1. The number of aromatic nitrogens is 2. The minimum atomic E-state index is 0.323. The molecule has 0 aliphatic rings. The summed E-state index contributed by atoms with van der Waals surface area (Å²) in [5.74, 6) is 6.67. The van der Waals surface area contributed by atoms with Gasteiger partial charge >= 0.3 is 0 Å². The van der Waals surface area contributed by atoms with E-state index >= 15 is 0 Å². The largest absolute Gasteiger partial charge is 0.439 e. The van der Waals surface area contributed by atoms with Crippen molar-refractivity contribution in [1.29, 1.82) is 0 Å². The van der Waals surface area contributed by atoms with Gasteiger partial charge in [0.05, 0.1) is 0 Å². The second-order valence-electron chi connectivity index (χ2n) is 2.78. The lowest BCUT2D eigenvalue weighted by molar-refractivity contribution is 0.462. The highest BCUT2D eigenvalue weighted by Crippen LogP contribution is 2.18. The Bertz CT molecular complexity index is 432. The fourth-order valence-electron chi connectivity index (χ4n) is 1.08. The molecule has 0 atom stereocenters. The van der Waals surface area contributed by atoms with Crippen LogP contribution in [0.5, 0.6) is 11.6 Å². The second-order valence-corrected chi connectivity index (χ2v) is 2.78. The minimum Gasteiger partial charge on any atom is -0.439 e. The van der Waals surface area contributed by atoms with Crippen LogP contribution in [0.4, 0.5) is 5.95 Å². The number of hydrogen-bond acceptors (Lipinski definition) is 5. The molecule has 3 N–H and O–H groups in total. The van der Waals surface area contributed by atoms with E-state index in [-0.39, 0.29) is 0 Å². The summed E-state index contributed by atoms with van der Waals surface area (Å²) >= 11 is 0. The Morgan fingerprint density at radius 2 is 1.93 bits per heavy atom. The van der Waals surface area contributed by atoms with Gasteiger partial charge in [0, 0.05) is 12.3 Å². The molecule has 5 heteroatoms. The van der Waals surface area contributed by atoms with Gasteiger partial charge in [0.2, 0.25) is 11.8 Å². The molecule has 0 bridgehead atoms. The molecule has 0 aliphatic heterocycles. The van der Waals surface area contributed by atoms with Crippen molar-refractivity contribution in [3.63, 3.8) is 0 Å². The predicted molar refractivity (Wildman–Crippen MR) is 56.4 cm³/mol. The van der Waals surface area contributed by atoms with Crippen LogP contribution in [0.25, 0.3) is 0 Å². The maximum Gasteiger partial charge on any atom is 0.240 e. The van der Waals surface area contributed by atoms with Crippen molar-refractivity contribution >= 4 is 5.95 Å². The van der Waals surface area contributed by atoms with Crippen molar-refractivity contribution < 1.29 is 4.74 Å². The number of hydrogen-bond donors (Lipinski definition) is 2. The molecule has 5 nitrogen and oxygen atoms in total. The van der Waals surface area contributed by atoms with Crippen molar-refractivity contribution in [3.8, 4) is 11.6 Å². The van der Waals surface area contributed by atoms with Crippen molar-refractivity contribution in [1.82, 2.24) is 9.97 Å². The number of nitrogens with two attached hydrogens (primary N) is 1. The molecule has 0 aliphatic carbocycles. The monoisotopic (exact) mass is 202 g/mol. The molecule has 2 rings (SSSR count). The van der Waals surface area contributed by atoms with Crippen molar-refractivity contribution in [2.45, 2.75) is 0 Å². The van der Waals surface area contributed by atoms with Gasteiger partial charge in [-0.2, -0.15) is 4.98 Å². The fourth-order valence-corrected chi connectivity index (χ4v) is 1.08. The standard InChI is InChI=1S/C10H10N4O/c11-14-10-12-7-6-9(13-10)15-8-4-2-1-3-5-8/h1-7H,11H2,(H,12,13,14). The van der Waals surface area contributed by atoms with E-state index in [0.29, 0.717) is 11.8 Å². The van der Waals surface area contributed by atoms with Crippen LogP contribution in [-0.4, -0.2) is 9.97 Å². The molecule has 15 heavy (non-hydrogen) atoms. The van der Waals surface area contributed by atoms with Gasteiger partial charge in [-0.1, -0.05) is 18.2 Å². The summed E-state index contributed by atoms with van der Waals surface area (Å²) in [6, 6.07) is 11.0. The normalized spacial score (nSPS) is 9.67. The number of nitrogens with zero attached hydrogens (tertiary/aromatic N) is 2. The Morgan fingerprint density at radius 1 is 1.13 bits per heavy atom. The molecule has 0 fully saturated rings. The fraction of sp³-hybridized carbons (Fsp3) is 0. The lowest BCUT2D eigenvalue weighted by atomic mass is 10.3. The van der Waals surface area contributed by atoms with Gasteiger partial charge in [0.1, 0.15) is 5.75 Å². The highest BCUT2D eigenvalue weighted by molar-refractivity contribution is 5.30. The van der Waals surface area contributed by atoms with E-state index in [9.17, 15) is 0 Å². The Balaban J connectivity index is 2.17.